The van der Waals surface area contributed by atoms with Crippen LogP contribution in [0.3, 0.4) is 0 Å². The summed E-state index contributed by atoms with van der Waals surface area (Å²) >= 11 is 12.1. The molecule has 0 N–H and O–H groups in total. The molecule has 10 heteroatoms. The Balaban J connectivity index is 1.63. The Morgan fingerprint density at radius 2 is 1.46 bits per heavy atom. The van der Waals surface area contributed by atoms with E-state index >= 15 is 0 Å². The smallest absolute Gasteiger partial charge is 0.282 e. The fourth-order valence-electron chi connectivity index (χ4n) is 3.14. The third-order valence-electron chi connectivity index (χ3n) is 4.80. The van der Waals surface area contributed by atoms with Gasteiger partial charge in [-0.05, 0) is 25.2 Å². The van der Waals surface area contributed by atoms with Gasteiger partial charge in [0.2, 0.25) is 0 Å². The summed E-state index contributed by atoms with van der Waals surface area (Å²) in [5.74, 6) is -0.228. The van der Waals surface area contributed by atoms with Crippen molar-refractivity contribution in [3.63, 3.8) is 0 Å². The van der Waals surface area contributed by atoms with E-state index in [0.717, 1.165) is 13.1 Å². The highest BCUT2D eigenvalue weighted by Gasteiger charge is 2.35. The molecule has 0 bridgehead atoms. The number of hydrogen-bond acceptors (Lipinski definition) is 4. The molecule has 2 heterocycles. The van der Waals surface area contributed by atoms with Crippen LogP contribution in [0.5, 0.6) is 0 Å². The minimum absolute atomic E-state index is 0.228. The summed E-state index contributed by atoms with van der Waals surface area (Å²) in [6, 6.07) is 4.76. The van der Waals surface area contributed by atoms with Crippen LogP contribution in [0.25, 0.3) is 0 Å². The molecule has 1 aromatic carbocycles. The van der Waals surface area contributed by atoms with Gasteiger partial charge in [0.05, 0.1) is 10.6 Å². The van der Waals surface area contributed by atoms with Gasteiger partial charge in [0.1, 0.15) is 0 Å². The first-order valence-electron chi connectivity index (χ1n) is 8.47. The van der Waals surface area contributed by atoms with E-state index in [2.05, 4.69) is 4.90 Å². The van der Waals surface area contributed by atoms with Crippen molar-refractivity contribution in [1.82, 2.24) is 18.4 Å². The number of halogens is 2. The Labute approximate surface area is 164 Å². The molecule has 144 valence electrons. The first kappa shape index (κ1) is 19.9. The summed E-state index contributed by atoms with van der Waals surface area (Å²) in [5.41, 5.74) is 0.342. The fourth-order valence-corrected chi connectivity index (χ4v) is 5.08. The first-order valence-corrected chi connectivity index (χ1v) is 10.6. The number of hydrogen-bond donors (Lipinski definition) is 0. The first-order chi connectivity index (χ1) is 12.3. The van der Waals surface area contributed by atoms with Crippen molar-refractivity contribution in [2.75, 3.05) is 59.4 Å². The summed E-state index contributed by atoms with van der Waals surface area (Å²) in [7, 11) is -1.50. The highest BCUT2D eigenvalue weighted by atomic mass is 35.5. The van der Waals surface area contributed by atoms with Gasteiger partial charge in [0.25, 0.3) is 16.1 Å². The number of piperazine rings is 2. The molecule has 3 rings (SSSR count). The number of carbonyl (C=O) groups is 1. The number of amides is 1. The fraction of sp³-hybridized carbons (Fsp3) is 0.562. The van der Waals surface area contributed by atoms with Crippen LogP contribution in [0, 0.1) is 0 Å². The maximum absolute atomic E-state index is 12.8. The van der Waals surface area contributed by atoms with Crippen molar-refractivity contribution >= 4 is 39.3 Å². The number of carbonyl (C=O) groups excluding carboxylic acids is 1. The van der Waals surface area contributed by atoms with Crippen LogP contribution >= 0.6 is 23.2 Å². The molecule has 0 unspecified atom stereocenters. The summed E-state index contributed by atoms with van der Waals surface area (Å²) in [6.45, 7) is 3.66. The zero-order valence-corrected chi connectivity index (χ0v) is 16.9. The second kappa shape index (κ2) is 8.00. The van der Waals surface area contributed by atoms with Crippen molar-refractivity contribution in [2.45, 2.75) is 0 Å². The third-order valence-corrected chi connectivity index (χ3v) is 7.40. The van der Waals surface area contributed by atoms with E-state index in [0.29, 0.717) is 41.8 Å². The van der Waals surface area contributed by atoms with Gasteiger partial charge in [0, 0.05) is 57.4 Å². The van der Waals surface area contributed by atoms with E-state index in [1.165, 1.54) is 8.61 Å². The Bertz CT molecular complexity index is 774. The van der Waals surface area contributed by atoms with E-state index < -0.39 is 10.2 Å². The maximum Gasteiger partial charge on any atom is 0.282 e. The number of benzene rings is 1. The molecule has 0 saturated carbocycles. The highest BCUT2D eigenvalue weighted by Crippen LogP contribution is 2.23. The van der Waals surface area contributed by atoms with Gasteiger partial charge >= 0.3 is 0 Å². The lowest BCUT2D eigenvalue weighted by Gasteiger charge is -2.39. The average Bonchev–Trinajstić information content (AvgIpc) is 2.63. The van der Waals surface area contributed by atoms with Gasteiger partial charge in [-0.15, -0.1) is 0 Å². The van der Waals surface area contributed by atoms with Crippen LogP contribution in [-0.2, 0) is 10.2 Å². The molecular formula is C16H22Cl2N4O3S. The Morgan fingerprint density at radius 3 is 2.04 bits per heavy atom. The van der Waals surface area contributed by atoms with Crippen molar-refractivity contribution < 1.29 is 13.2 Å². The molecule has 7 nitrogen and oxygen atoms in total. The SMILES string of the molecule is CN1CCN(S(=O)(=O)N2CCN(C(=O)c3cc(Cl)ccc3Cl)CC2)CC1. The lowest BCUT2D eigenvalue weighted by Crippen LogP contribution is -2.57. The lowest BCUT2D eigenvalue weighted by atomic mass is 10.2. The molecule has 1 aromatic rings. The lowest BCUT2D eigenvalue weighted by molar-refractivity contribution is 0.0692. The van der Waals surface area contributed by atoms with Gasteiger partial charge in [-0.2, -0.15) is 17.0 Å². The van der Waals surface area contributed by atoms with Crippen molar-refractivity contribution in [1.29, 1.82) is 0 Å². The second-order valence-corrected chi connectivity index (χ2v) is 9.30. The predicted molar refractivity (Wildman–Crippen MR) is 102 cm³/mol. The molecule has 2 fully saturated rings. The van der Waals surface area contributed by atoms with E-state index in [1.54, 1.807) is 23.1 Å². The van der Waals surface area contributed by atoms with Crippen LogP contribution in [0.1, 0.15) is 10.4 Å². The van der Waals surface area contributed by atoms with E-state index in [4.69, 9.17) is 23.2 Å². The zero-order valence-electron chi connectivity index (χ0n) is 14.6. The highest BCUT2D eigenvalue weighted by molar-refractivity contribution is 7.86. The van der Waals surface area contributed by atoms with Gasteiger partial charge in [-0.25, -0.2) is 0 Å². The molecule has 1 amide bonds. The largest absolute Gasteiger partial charge is 0.336 e. The molecule has 0 atom stereocenters. The van der Waals surface area contributed by atoms with Crippen molar-refractivity contribution in [3.8, 4) is 0 Å². The molecule has 0 radical (unpaired) electrons. The quantitative estimate of drug-likeness (QED) is 0.737. The Hall–Kier alpha value is -0.900. The van der Waals surface area contributed by atoms with Crippen LogP contribution in [-0.4, -0.2) is 92.1 Å². The molecule has 26 heavy (non-hydrogen) atoms. The molecule has 2 aliphatic rings. The molecule has 2 aliphatic heterocycles. The second-order valence-electron chi connectivity index (χ2n) is 6.53. The van der Waals surface area contributed by atoms with Gasteiger partial charge in [-0.1, -0.05) is 23.2 Å². The van der Waals surface area contributed by atoms with Crippen LogP contribution < -0.4 is 0 Å². The van der Waals surface area contributed by atoms with Gasteiger partial charge in [-0.3, -0.25) is 4.79 Å². The number of nitrogens with zero attached hydrogens (tertiary/aromatic N) is 4. The molecule has 0 spiro atoms. The van der Waals surface area contributed by atoms with Crippen LogP contribution in [0.4, 0.5) is 0 Å². The van der Waals surface area contributed by atoms with Crippen LogP contribution in [0.15, 0.2) is 18.2 Å². The van der Waals surface area contributed by atoms with E-state index in [9.17, 15) is 13.2 Å². The summed E-state index contributed by atoms with van der Waals surface area (Å²) in [6.07, 6.45) is 0. The van der Waals surface area contributed by atoms with Crippen molar-refractivity contribution in [2.24, 2.45) is 0 Å². The van der Waals surface area contributed by atoms with E-state index in [-0.39, 0.29) is 19.0 Å². The monoisotopic (exact) mass is 420 g/mol. The number of likely N-dealkylation sites (N-methyl/N-ethyl adjacent to an activating group) is 1. The summed E-state index contributed by atoms with van der Waals surface area (Å²) in [4.78, 5) is 16.4. The minimum Gasteiger partial charge on any atom is -0.336 e. The zero-order chi connectivity index (χ0) is 18.9. The topological polar surface area (TPSA) is 64.2 Å². The third kappa shape index (κ3) is 4.16. The normalized spacial score (nSPS) is 21.1. The Morgan fingerprint density at radius 1 is 0.923 bits per heavy atom. The Kier molecular flexibility index (Phi) is 6.11. The molecule has 2 saturated heterocycles. The average molecular weight is 421 g/mol. The molecule has 0 aromatic heterocycles. The predicted octanol–water partition coefficient (Wildman–Crippen LogP) is 1.24. The maximum atomic E-state index is 12.8. The summed E-state index contributed by atoms with van der Waals surface area (Å²) < 4.78 is 28.6. The molecular weight excluding hydrogens is 399 g/mol. The standard InChI is InChI=1S/C16H22Cl2N4O3S/c1-19-4-8-21(9-5-19)26(24,25)22-10-6-20(7-11-22)16(23)14-12-13(17)2-3-15(14)18/h2-3,12H,4-11H2,1H3. The van der Waals surface area contributed by atoms with Crippen molar-refractivity contribution in [3.05, 3.63) is 33.8 Å². The van der Waals surface area contributed by atoms with Crippen LogP contribution in [0.2, 0.25) is 10.0 Å². The summed E-state index contributed by atoms with van der Waals surface area (Å²) in [5, 5.41) is 0.779. The van der Waals surface area contributed by atoms with Gasteiger partial charge in [0.15, 0.2) is 0 Å². The van der Waals surface area contributed by atoms with E-state index in [1.807, 2.05) is 7.05 Å². The number of rotatable bonds is 3. The minimum atomic E-state index is -3.48. The van der Waals surface area contributed by atoms with Gasteiger partial charge < -0.3 is 9.80 Å². The molecule has 0 aliphatic carbocycles.